The topological polar surface area (TPSA) is 237 Å². The van der Waals surface area contributed by atoms with Gasteiger partial charge in [0.25, 0.3) is 0 Å². The third-order valence-electron chi connectivity index (χ3n) is 13.9. The number of aliphatic hydroxyl groups excluding tert-OH is 1. The molecule has 6 atom stereocenters. The summed E-state index contributed by atoms with van der Waals surface area (Å²) < 4.78 is 67.7. The second kappa shape index (κ2) is 50.6. The minimum atomic E-state index is -4.94. The molecule has 0 rings (SSSR count). The molecule has 0 aromatic carbocycles. The molecule has 79 heavy (non-hydrogen) atoms. The normalized spacial score (nSPS) is 14.9. The van der Waals surface area contributed by atoms with Crippen molar-refractivity contribution in [2.24, 2.45) is 23.7 Å². The van der Waals surface area contributed by atoms with Crippen LogP contribution < -0.4 is 0 Å². The van der Waals surface area contributed by atoms with E-state index in [1.165, 1.54) is 77.0 Å². The van der Waals surface area contributed by atoms with Gasteiger partial charge in [-0.05, 0) is 49.4 Å². The molecule has 0 aliphatic heterocycles. The molecule has 0 amide bonds. The first-order chi connectivity index (χ1) is 37.6. The highest BCUT2D eigenvalue weighted by Gasteiger charge is 2.30. The van der Waals surface area contributed by atoms with E-state index in [0.29, 0.717) is 37.5 Å². The molecule has 19 heteroatoms. The van der Waals surface area contributed by atoms with E-state index < -0.39 is 97.5 Å². The Bertz CT molecular complexity index is 1600. The standard InChI is InChI=1S/C60H116O17P2/c1-9-53(8)39-31-23-16-19-27-35-43-60(65)77-55(46-70-57(62)40-32-24-13-11-10-12-20-28-36-50(2)3)48-74-78(66,67)72-44-54(61)45-73-79(68,69)75-49-56(76-59(64)42-34-26-18-15-22-30-38-52(6)7)47-71-58(63)41-33-25-17-14-21-29-37-51(4)5/h50-56,61H,9-49H2,1-8H3,(H,66,67)(H,68,69)/t53?,54?,55-,56-/m1/s1. The van der Waals surface area contributed by atoms with Gasteiger partial charge < -0.3 is 33.8 Å². The molecule has 3 N–H and O–H groups in total. The van der Waals surface area contributed by atoms with Gasteiger partial charge in [0.15, 0.2) is 12.2 Å². The zero-order chi connectivity index (χ0) is 59.0. The molecule has 0 aromatic heterocycles. The monoisotopic (exact) mass is 1170 g/mol. The van der Waals surface area contributed by atoms with Gasteiger partial charge in [-0.15, -0.1) is 0 Å². The van der Waals surface area contributed by atoms with E-state index in [0.717, 1.165) is 108 Å². The number of esters is 4. The van der Waals surface area contributed by atoms with Gasteiger partial charge in [-0.25, -0.2) is 9.13 Å². The fraction of sp³-hybridized carbons (Fsp3) is 0.933. The van der Waals surface area contributed by atoms with Gasteiger partial charge in [0.1, 0.15) is 19.3 Å². The number of phosphoric acid groups is 2. The van der Waals surface area contributed by atoms with E-state index in [9.17, 15) is 43.2 Å². The molecule has 0 aromatic rings. The first kappa shape index (κ1) is 77.1. The zero-order valence-corrected chi connectivity index (χ0v) is 52.8. The molecule has 0 aliphatic carbocycles. The number of rotatable bonds is 57. The summed E-state index contributed by atoms with van der Waals surface area (Å²) in [7, 11) is -9.88. The Morgan fingerprint density at radius 1 is 0.354 bits per heavy atom. The summed E-state index contributed by atoms with van der Waals surface area (Å²) in [6, 6.07) is 0. The van der Waals surface area contributed by atoms with Gasteiger partial charge in [0.2, 0.25) is 0 Å². The minimum Gasteiger partial charge on any atom is -0.462 e. The molecule has 0 radical (unpaired) electrons. The molecule has 0 bridgehead atoms. The lowest BCUT2D eigenvalue weighted by atomic mass is 10.00. The van der Waals surface area contributed by atoms with Gasteiger partial charge >= 0.3 is 39.5 Å². The van der Waals surface area contributed by atoms with Crippen molar-refractivity contribution < 1.29 is 80.2 Å². The molecule has 17 nitrogen and oxygen atoms in total. The number of hydrogen-bond donors (Lipinski definition) is 3. The van der Waals surface area contributed by atoms with E-state index in [2.05, 4.69) is 55.4 Å². The van der Waals surface area contributed by atoms with Crippen LogP contribution in [0.15, 0.2) is 0 Å². The van der Waals surface area contributed by atoms with Gasteiger partial charge in [-0.3, -0.25) is 37.3 Å². The highest BCUT2D eigenvalue weighted by molar-refractivity contribution is 7.47. The highest BCUT2D eigenvalue weighted by Crippen LogP contribution is 2.45. The van der Waals surface area contributed by atoms with E-state index in [1.54, 1.807) is 0 Å². The van der Waals surface area contributed by atoms with Crippen molar-refractivity contribution in [3.05, 3.63) is 0 Å². The molecular formula is C60H116O17P2. The minimum absolute atomic E-state index is 0.100. The summed E-state index contributed by atoms with van der Waals surface area (Å²) in [5, 5.41) is 10.5. The average molecular weight is 1170 g/mol. The van der Waals surface area contributed by atoms with Gasteiger partial charge in [-0.2, -0.15) is 0 Å². The quantitative estimate of drug-likeness (QED) is 0.0222. The summed E-state index contributed by atoms with van der Waals surface area (Å²) in [5.74, 6) is 0.643. The van der Waals surface area contributed by atoms with E-state index in [4.69, 9.17) is 37.0 Å². The fourth-order valence-corrected chi connectivity index (χ4v) is 10.3. The lowest BCUT2D eigenvalue weighted by molar-refractivity contribution is -0.161. The van der Waals surface area contributed by atoms with Crippen molar-refractivity contribution in [3.8, 4) is 0 Å². The lowest BCUT2D eigenvalue weighted by Gasteiger charge is -2.21. The van der Waals surface area contributed by atoms with Crippen LogP contribution in [-0.2, 0) is 65.4 Å². The van der Waals surface area contributed by atoms with Crippen LogP contribution in [0, 0.1) is 23.7 Å². The SMILES string of the molecule is CCC(C)CCCCCCCCC(=O)O[C@H](COC(=O)CCCCCCCCCCC(C)C)COP(=O)(O)OCC(O)COP(=O)(O)OC[C@@H](COC(=O)CCCCCCCCC(C)C)OC(=O)CCCCCCCCC(C)C. The molecule has 468 valence electrons. The van der Waals surface area contributed by atoms with Crippen molar-refractivity contribution in [3.63, 3.8) is 0 Å². The summed E-state index contributed by atoms with van der Waals surface area (Å²) in [6.07, 6.45) is 28.4. The third-order valence-corrected chi connectivity index (χ3v) is 15.8. The summed E-state index contributed by atoms with van der Waals surface area (Å²) >= 11 is 0. The number of unbranched alkanes of at least 4 members (excludes halogenated alkanes) is 22. The molecule has 0 heterocycles. The third kappa shape index (κ3) is 53.8. The van der Waals surface area contributed by atoms with Crippen LogP contribution in [0.2, 0.25) is 0 Å². The maximum atomic E-state index is 12.9. The Kier molecular flexibility index (Phi) is 49.3. The Labute approximate surface area is 479 Å². The summed E-state index contributed by atoms with van der Waals surface area (Å²) in [6.45, 7) is 13.8. The summed E-state index contributed by atoms with van der Waals surface area (Å²) in [4.78, 5) is 71.9. The first-order valence-electron chi connectivity index (χ1n) is 31.2. The Balaban J connectivity index is 5.25. The number of ether oxygens (including phenoxy) is 4. The molecule has 0 saturated heterocycles. The van der Waals surface area contributed by atoms with Crippen LogP contribution in [0.4, 0.5) is 0 Å². The molecule has 0 aliphatic rings. The van der Waals surface area contributed by atoms with Crippen molar-refractivity contribution in [2.45, 2.75) is 298 Å². The van der Waals surface area contributed by atoms with Crippen LogP contribution in [0.5, 0.6) is 0 Å². The van der Waals surface area contributed by atoms with Gasteiger partial charge in [0.05, 0.1) is 26.4 Å². The molecule has 0 fully saturated rings. The van der Waals surface area contributed by atoms with Gasteiger partial charge in [-0.1, -0.05) is 229 Å². The van der Waals surface area contributed by atoms with Crippen LogP contribution in [-0.4, -0.2) is 96.7 Å². The molecular weight excluding hydrogens is 1050 g/mol. The number of carbonyl (C=O) groups is 4. The van der Waals surface area contributed by atoms with Crippen molar-refractivity contribution in [1.82, 2.24) is 0 Å². The van der Waals surface area contributed by atoms with Crippen LogP contribution in [0.1, 0.15) is 280 Å². The largest absolute Gasteiger partial charge is 0.472 e. The maximum Gasteiger partial charge on any atom is 0.472 e. The predicted octanol–water partition coefficient (Wildman–Crippen LogP) is 15.8. The van der Waals surface area contributed by atoms with Crippen molar-refractivity contribution in [1.29, 1.82) is 0 Å². The molecule has 0 spiro atoms. The number of hydrogen-bond acceptors (Lipinski definition) is 15. The van der Waals surface area contributed by atoms with Crippen LogP contribution in [0.3, 0.4) is 0 Å². The Hall–Kier alpha value is -1.94. The average Bonchev–Trinajstić information content (AvgIpc) is 3.39. The van der Waals surface area contributed by atoms with Crippen molar-refractivity contribution >= 4 is 39.5 Å². The number of aliphatic hydroxyl groups is 1. The number of phosphoric ester groups is 2. The van der Waals surface area contributed by atoms with Crippen molar-refractivity contribution in [2.75, 3.05) is 39.6 Å². The lowest BCUT2D eigenvalue weighted by Crippen LogP contribution is -2.30. The maximum absolute atomic E-state index is 12.9. The van der Waals surface area contributed by atoms with Crippen LogP contribution in [0.25, 0.3) is 0 Å². The van der Waals surface area contributed by atoms with E-state index in [1.807, 2.05) is 0 Å². The zero-order valence-electron chi connectivity index (χ0n) is 51.0. The smallest absolute Gasteiger partial charge is 0.462 e. The molecule has 0 saturated carbocycles. The van der Waals surface area contributed by atoms with E-state index in [-0.39, 0.29) is 25.7 Å². The Morgan fingerprint density at radius 2 is 0.608 bits per heavy atom. The number of carbonyl (C=O) groups excluding carboxylic acids is 4. The fourth-order valence-electron chi connectivity index (χ4n) is 8.69. The van der Waals surface area contributed by atoms with Crippen LogP contribution >= 0.6 is 15.6 Å². The summed E-state index contributed by atoms with van der Waals surface area (Å²) in [5.41, 5.74) is 0. The second-order valence-electron chi connectivity index (χ2n) is 23.4. The van der Waals surface area contributed by atoms with E-state index >= 15 is 0 Å². The Morgan fingerprint density at radius 3 is 0.899 bits per heavy atom. The second-order valence-corrected chi connectivity index (χ2v) is 26.3. The first-order valence-corrected chi connectivity index (χ1v) is 34.2. The van der Waals surface area contributed by atoms with Gasteiger partial charge in [0, 0.05) is 25.7 Å². The highest BCUT2D eigenvalue weighted by atomic mass is 31.2. The predicted molar refractivity (Wildman–Crippen MR) is 312 cm³/mol. The molecule has 4 unspecified atom stereocenters.